The maximum atomic E-state index is 13.8. The van der Waals surface area contributed by atoms with Crippen LogP contribution in [0.25, 0.3) is 27.6 Å². The number of piperazine rings is 1. The molecule has 3 fully saturated rings. The first kappa shape index (κ1) is 23.9. The van der Waals surface area contributed by atoms with Crippen molar-refractivity contribution in [2.75, 3.05) is 38.3 Å². The van der Waals surface area contributed by atoms with Gasteiger partial charge in [-0.1, -0.05) is 11.3 Å². The molecule has 1 N–H and O–H groups in total. The van der Waals surface area contributed by atoms with E-state index in [0.29, 0.717) is 40.1 Å². The minimum Gasteiger partial charge on any atom is -0.493 e. The van der Waals surface area contributed by atoms with Gasteiger partial charge in [0.25, 0.3) is 0 Å². The molecule has 4 aromatic heterocycles. The summed E-state index contributed by atoms with van der Waals surface area (Å²) in [6.45, 7) is 5.38. The minimum absolute atomic E-state index is 0.0402. The van der Waals surface area contributed by atoms with Gasteiger partial charge < -0.3 is 14.4 Å². The van der Waals surface area contributed by atoms with E-state index in [0.717, 1.165) is 43.4 Å². The third-order valence-corrected chi connectivity index (χ3v) is 8.90. The Labute approximate surface area is 219 Å². The SMILES string of the molecule is COc1cc(-c2[nH]nc(-c3nc(C)c(N4C[C@@H]5C[C@H]4CN5C4COC4)s3)c2CC(F)(F)F)cn2ncnc12. The molecule has 38 heavy (non-hydrogen) atoms. The summed E-state index contributed by atoms with van der Waals surface area (Å²) in [6, 6.07) is 2.99. The first-order valence-electron chi connectivity index (χ1n) is 12.4. The Morgan fingerprint density at radius 1 is 1.21 bits per heavy atom. The van der Waals surface area contributed by atoms with Gasteiger partial charge in [0.1, 0.15) is 22.0 Å². The summed E-state index contributed by atoms with van der Waals surface area (Å²) in [7, 11) is 1.48. The van der Waals surface area contributed by atoms with E-state index >= 15 is 0 Å². The molecule has 0 saturated carbocycles. The van der Waals surface area contributed by atoms with Gasteiger partial charge in [0, 0.05) is 42.5 Å². The Balaban J connectivity index is 1.25. The van der Waals surface area contributed by atoms with Gasteiger partial charge in [-0.15, -0.1) is 0 Å². The number of H-pyrrole nitrogens is 1. The molecule has 2 atom stereocenters. The lowest BCUT2D eigenvalue weighted by molar-refractivity contribution is -0.127. The fourth-order valence-electron chi connectivity index (χ4n) is 5.90. The summed E-state index contributed by atoms with van der Waals surface area (Å²) in [5.41, 5.74) is 2.25. The van der Waals surface area contributed by atoms with Crippen LogP contribution >= 0.6 is 11.3 Å². The molecule has 7 rings (SSSR count). The summed E-state index contributed by atoms with van der Waals surface area (Å²) in [4.78, 5) is 13.8. The Morgan fingerprint density at radius 3 is 2.74 bits per heavy atom. The molecule has 0 amide bonds. The number of thiazole rings is 1. The second-order valence-corrected chi connectivity index (χ2v) is 11.0. The number of nitrogens with one attached hydrogen (secondary N) is 1. The van der Waals surface area contributed by atoms with E-state index in [1.807, 2.05) is 6.92 Å². The van der Waals surface area contributed by atoms with Gasteiger partial charge >= 0.3 is 6.18 Å². The number of aromatic nitrogens is 6. The van der Waals surface area contributed by atoms with Crippen molar-refractivity contribution in [3.8, 4) is 27.7 Å². The standard InChI is InChI=1S/C24H25F3N8O2S/c1-12-23(34-8-14-4-15(34)7-33(14)16-9-37-10-16)38-22(30-12)20-17(5-24(25,26)27)19(31-32-20)13-3-18(36-2)21-28-11-29-35(21)6-13/h3,6,11,14-16H,4-5,7-10H2,1-2H3,(H,31,32)/t14-,15-/m0/s1. The van der Waals surface area contributed by atoms with Crippen LogP contribution in [0.1, 0.15) is 17.7 Å². The van der Waals surface area contributed by atoms with Gasteiger partial charge in [-0.3, -0.25) is 10.00 Å². The molecule has 4 aromatic rings. The highest BCUT2D eigenvalue weighted by Gasteiger charge is 2.48. The average molecular weight is 547 g/mol. The summed E-state index contributed by atoms with van der Waals surface area (Å²) in [5.74, 6) is 0.396. The van der Waals surface area contributed by atoms with E-state index in [-0.39, 0.29) is 17.0 Å². The molecular weight excluding hydrogens is 521 g/mol. The molecule has 10 nitrogen and oxygen atoms in total. The number of hydrogen-bond acceptors (Lipinski definition) is 9. The predicted molar refractivity (Wildman–Crippen MR) is 134 cm³/mol. The molecule has 0 spiro atoms. The van der Waals surface area contributed by atoms with Crippen LogP contribution in [0.4, 0.5) is 18.2 Å². The zero-order valence-electron chi connectivity index (χ0n) is 20.7. The normalized spacial score (nSPS) is 22.1. The van der Waals surface area contributed by atoms with Gasteiger partial charge in [-0.2, -0.15) is 23.4 Å². The van der Waals surface area contributed by atoms with Crippen molar-refractivity contribution in [3.63, 3.8) is 0 Å². The van der Waals surface area contributed by atoms with Crippen molar-refractivity contribution < 1.29 is 22.6 Å². The van der Waals surface area contributed by atoms with Crippen LogP contribution in [0.3, 0.4) is 0 Å². The smallest absolute Gasteiger partial charge is 0.393 e. The third-order valence-electron chi connectivity index (χ3n) is 7.70. The summed E-state index contributed by atoms with van der Waals surface area (Å²) >= 11 is 1.41. The van der Waals surface area contributed by atoms with E-state index in [1.165, 1.54) is 29.3 Å². The fourth-order valence-corrected chi connectivity index (χ4v) is 7.07. The molecule has 0 radical (unpaired) electrons. The summed E-state index contributed by atoms with van der Waals surface area (Å²) < 4.78 is 53.6. The molecule has 3 saturated heterocycles. The predicted octanol–water partition coefficient (Wildman–Crippen LogP) is 3.33. The second-order valence-electron chi connectivity index (χ2n) is 10.0. The first-order valence-corrected chi connectivity index (χ1v) is 13.2. The largest absolute Gasteiger partial charge is 0.493 e. The number of rotatable bonds is 6. The van der Waals surface area contributed by atoms with Crippen LogP contribution in [0.15, 0.2) is 18.6 Å². The number of aryl methyl sites for hydroxylation is 1. The molecular formula is C24H25F3N8O2S. The molecule has 14 heteroatoms. The number of anilines is 1. The zero-order chi connectivity index (χ0) is 26.2. The van der Waals surface area contributed by atoms with Crippen LogP contribution in [0.5, 0.6) is 5.75 Å². The highest BCUT2D eigenvalue weighted by Crippen LogP contribution is 2.44. The van der Waals surface area contributed by atoms with Crippen molar-refractivity contribution in [2.24, 2.45) is 0 Å². The van der Waals surface area contributed by atoms with Crippen LogP contribution < -0.4 is 9.64 Å². The van der Waals surface area contributed by atoms with Gasteiger partial charge in [-0.05, 0) is 19.4 Å². The van der Waals surface area contributed by atoms with Crippen molar-refractivity contribution in [1.82, 2.24) is 34.7 Å². The summed E-state index contributed by atoms with van der Waals surface area (Å²) in [5, 5.41) is 12.8. The lowest BCUT2D eigenvalue weighted by Gasteiger charge is -2.42. The number of alkyl halides is 3. The van der Waals surface area contributed by atoms with Crippen LogP contribution in [-0.2, 0) is 11.2 Å². The van der Waals surface area contributed by atoms with Crippen molar-refractivity contribution >= 4 is 22.0 Å². The topological polar surface area (TPSA) is 96.7 Å². The Kier molecular flexibility index (Phi) is 5.43. The van der Waals surface area contributed by atoms with E-state index in [2.05, 4.69) is 30.1 Å². The van der Waals surface area contributed by atoms with Crippen molar-refractivity contribution in [2.45, 2.75) is 44.1 Å². The molecule has 200 valence electrons. The third kappa shape index (κ3) is 3.84. The maximum absolute atomic E-state index is 13.8. The van der Waals surface area contributed by atoms with E-state index < -0.39 is 12.6 Å². The maximum Gasteiger partial charge on any atom is 0.393 e. The summed E-state index contributed by atoms with van der Waals surface area (Å²) in [6.07, 6.45) is -1.53. The molecule has 3 aliphatic rings. The molecule has 0 aliphatic carbocycles. The lowest BCUT2D eigenvalue weighted by atomic mass is 10.0. The van der Waals surface area contributed by atoms with Crippen molar-refractivity contribution in [3.05, 3.63) is 29.8 Å². The average Bonchev–Trinajstić information content (AvgIpc) is 3.64. The van der Waals surface area contributed by atoms with Gasteiger partial charge in [0.2, 0.25) is 0 Å². The van der Waals surface area contributed by atoms with Gasteiger partial charge in [-0.25, -0.2) is 14.5 Å². The molecule has 2 bridgehead atoms. The highest BCUT2D eigenvalue weighted by molar-refractivity contribution is 7.19. The van der Waals surface area contributed by atoms with E-state index in [9.17, 15) is 13.2 Å². The van der Waals surface area contributed by atoms with Crippen LogP contribution in [-0.4, -0.2) is 92.4 Å². The number of halogens is 3. The first-order chi connectivity index (χ1) is 18.3. The molecule has 0 unspecified atom stereocenters. The number of fused-ring (bicyclic) bond motifs is 3. The zero-order valence-corrected chi connectivity index (χ0v) is 21.5. The monoisotopic (exact) mass is 546 g/mol. The lowest BCUT2D eigenvalue weighted by Crippen LogP contribution is -2.56. The number of nitrogens with zero attached hydrogens (tertiary/aromatic N) is 7. The van der Waals surface area contributed by atoms with E-state index in [1.54, 1.807) is 12.3 Å². The number of methoxy groups -OCH3 is 1. The highest BCUT2D eigenvalue weighted by atomic mass is 32.1. The van der Waals surface area contributed by atoms with Crippen LogP contribution in [0, 0.1) is 6.92 Å². The quantitative estimate of drug-likeness (QED) is 0.394. The number of ether oxygens (including phenoxy) is 2. The second kappa shape index (κ2) is 8.64. The molecule has 7 heterocycles. The Hall–Kier alpha value is -3.23. The minimum atomic E-state index is -4.44. The number of pyridine rings is 1. The molecule has 0 aromatic carbocycles. The van der Waals surface area contributed by atoms with Gasteiger partial charge in [0.15, 0.2) is 11.4 Å². The number of likely N-dealkylation sites (tertiary alicyclic amines) is 1. The van der Waals surface area contributed by atoms with E-state index in [4.69, 9.17) is 14.5 Å². The number of aromatic amines is 1. The van der Waals surface area contributed by atoms with Gasteiger partial charge in [0.05, 0.1) is 44.2 Å². The van der Waals surface area contributed by atoms with Crippen molar-refractivity contribution in [1.29, 1.82) is 0 Å². The molecule has 3 aliphatic heterocycles. The Morgan fingerprint density at radius 2 is 2.05 bits per heavy atom. The fraction of sp³-hybridized carbons (Fsp3) is 0.500. The van der Waals surface area contributed by atoms with Crippen LogP contribution in [0.2, 0.25) is 0 Å². The Bertz CT molecular complexity index is 1510. The number of hydrogen-bond donors (Lipinski definition) is 1.